The number of aryl methyl sites for hydroxylation is 1. The first kappa shape index (κ1) is 28.4. The van der Waals surface area contributed by atoms with Gasteiger partial charge in [-0.05, 0) is 81.2 Å². The zero-order valence-corrected chi connectivity index (χ0v) is 25.0. The molecule has 5 rings (SSSR count). The molecule has 0 saturated carbocycles. The molecule has 0 aliphatic heterocycles. The van der Waals surface area contributed by atoms with Gasteiger partial charge in [0.15, 0.2) is 17.3 Å². The second-order valence-electron chi connectivity index (χ2n) is 11.0. The molecule has 0 bridgehead atoms. The molecule has 1 aliphatic rings. The maximum Gasteiger partial charge on any atom is 0.278 e. The number of anilines is 2. The molecule has 0 saturated heterocycles. The molecule has 4 aromatic rings. The Morgan fingerprint density at radius 1 is 1.27 bits per heavy atom. The van der Waals surface area contributed by atoms with E-state index in [1.165, 1.54) is 22.0 Å². The molecule has 3 heterocycles. The van der Waals surface area contributed by atoms with Gasteiger partial charge in [0.2, 0.25) is 5.95 Å². The molecule has 11 heteroatoms. The van der Waals surface area contributed by atoms with Crippen molar-refractivity contribution in [3.63, 3.8) is 0 Å². The first-order valence-corrected chi connectivity index (χ1v) is 15.8. The van der Waals surface area contributed by atoms with Crippen LogP contribution in [0.25, 0.3) is 22.4 Å². The van der Waals surface area contributed by atoms with Crippen molar-refractivity contribution in [2.24, 2.45) is 4.36 Å². The number of nitrogens with zero attached hydrogens (tertiary/aromatic N) is 7. The fraction of sp³-hybridized carbons (Fsp3) is 0.333. The Morgan fingerprint density at radius 2 is 2.05 bits per heavy atom. The number of hydrogen-bond acceptors (Lipinski definition) is 8. The molecule has 1 atom stereocenters. The average molecular weight is 573 g/mol. The number of likely N-dealkylation sites (N-methyl/N-ethyl adjacent to an activating group) is 1. The SMILES string of the molecule is C=CCn1c(=O)c2cnc(Nc3cc4c(c(C(=C)C)c3)CC(N(C)C)CC4)nc2n1-c1cccc(N=S(C)(C)=O)n1. The van der Waals surface area contributed by atoms with E-state index in [0.29, 0.717) is 34.7 Å². The summed E-state index contributed by atoms with van der Waals surface area (Å²) in [6, 6.07) is 9.95. The van der Waals surface area contributed by atoms with Gasteiger partial charge in [0, 0.05) is 40.2 Å². The molecule has 0 amide bonds. The first-order valence-electron chi connectivity index (χ1n) is 13.4. The fourth-order valence-corrected chi connectivity index (χ4v) is 5.85. The van der Waals surface area contributed by atoms with Gasteiger partial charge in [-0.15, -0.1) is 6.58 Å². The van der Waals surface area contributed by atoms with Crippen molar-refractivity contribution in [2.45, 2.75) is 38.8 Å². The third kappa shape index (κ3) is 5.86. The summed E-state index contributed by atoms with van der Waals surface area (Å²) in [6.07, 6.45) is 9.32. The predicted molar refractivity (Wildman–Crippen MR) is 167 cm³/mol. The van der Waals surface area contributed by atoms with E-state index in [1.807, 2.05) is 6.92 Å². The van der Waals surface area contributed by atoms with Crippen LogP contribution in [0.5, 0.6) is 0 Å². The van der Waals surface area contributed by atoms with E-state index in [9.17, 15) is 9.00 Å². The van der Waals surface area contributed by atoms with Gasteiger partial charge in [0.1, 0.15) is 5.39 Å². The Bertz CT molecular complexity index is 1850. The summed E-state index contributed by atoms with van der Waals surface area (Å²) in [6.45, 7) is 10.3. The van der Waals surface area contributed by atoms with Gasteiger partial charge in [0.05, 0.1) is 6.54 Å². The van der Waals surface area contributed by atoms with E-state index >= 15 is 0 Å². The van der Waals surface area contributed by atoms with E-state index in [-0.39, 0.29) is 12.1 Å². The van der Waals surface area contributed by atoms with Gasteiger partial charge < -0.3 is 10.2 Å². The standard InChI is InChI=1S/C30H36N8O2S/c1-8-14-37-29(39)25-18-31-30(34-28(25)38(37)27-11-9-10-26(33-27)35-41(6,7)40)32-21-15-20-12-13-22(36(4)5)17-24(20)23(16-21)19(2)3/h8-11,15-16,18,22H,1-2,12-14,17H2,3-7H3,(H,31,32,34). The monoisotopic (exact) mass is 572 g/mol. The summed E-state index contributed by atoms with van der Waals surface area (Å²) in [5.74, 6) is 1.08. The molecular formula is C30H36N8O2S. The normalized spacial score (nSPS) is 15.1. The van der Waals surface area contributed by atoms with Crippen LogP contribution in [-0.2, 0) is 29.1 Å². The molecule has 0 fully saturated rings. The summed E-state index contributed by atoms with van der Waals surface area (Å²) < 4.78 is 19.6. The third-order valence-electron chi connectivity index (χ3n) is 7.20. The van der Waals surface area contributed by atoms with Crippen LogP contribution in [0.2, 0.25) is 0 Å². The van der Waals surface area contributed by atoms with Gasteiger partial charge in [-0.3, -0.25) is 4.79 Å². The number of fused-ring (bicyclic) bond motifs is 2. The number of rotatable bonds is 8. The van der Waals surface area contributed by atoms with Crippen molar-refractivity contribution >= 4 is 43.8 Å². The molecule has 1 aliphatic carbocycles. The highest BCUT2D eigenvalue weighted by Gasteiger charge is 2.24. The van der Waals surface area contributed by atoms with Crippen molar-refractivity contribution in [2.75, 3.05) is 31.9 Å². The molecule has 1 N–H and O–H groups in total. The number of aromatic nitrogens is 5. The van der Waals surface area contributed by atoms with Crippen molar-refractivity contribution < 1.29 is 4.21 Å². The second kappa shape index (κ2) is 11.1. The van der Waals surface area contributed by atoms with E-state index in [4.69, 9.17) is 4.98 Å². The molecule has 41 heavy (non-hydrogen) atoms. The number of hydrogen-bond donors (Lipinski definition) is 1. The molecule has 3 aromatic heterocycles. The second-order valence-corrected chi connectivity index (χ2v) is 13.5. The minimum absolute atomic E-state index is 0.236. The van der Waals surface area contributed by atoms with Crippen LogP contribution in [0, 0.1) is 0 Å². The lowest BCUT2D eigenvalue weighted by Gasteiger charge is -2.31. The molecule has 0 radical (unpaired) electrons. The predicted octanol–water partition coefficient (Wildman–Crippen LogP) is 4.72. The van der Waals surface area contributed by atoms with Gasteiger partial charge in [-0.2, -0.15) is 9.35 Å². The number of pyridine rings is 1. The zero-order valence-electron chi connectivity index (χ0n) is 24.2. The first-order chi connectivity index (χ1) is 19.4. The van der Waals surface area contributed by atoms with Crippen LogP contribution < -0.4 is 10.9 Å². The van der Waals surface area contributed by atoms with Gasteiger partial charge >= 0.3 is 0 Å². The molecule has 1 unspecified atom stereocenters. The van der Waals surface area contributed by atoms with Gasteiger partial charge in [-0.25, -0.2) is 23.5 Å². The average Bonchev–Trinajstić information content (AvgIpc) is 3.17. The van der Waals surface area contributed by atoms with Gasteiger partial charge in [0.25, 0.3) is 5.56 Å². The third-order valence-corrected chi connectivity index (χ3v) is 7.83. The van der Waals surface area contributed by atoms with Crippen LogP contribution in [-0.4, -0.2) is 66.1 Å². The molecule has 1 aromatic carbocycles. The zero-order chi connectivity index (χ0) is 29.5. The summed E-state index contributed by atoms with van der Waals surface area (Å²) in [5.41, 5.74) is 5.78. The highest BCUT2D eigenvalue weighted by molar-refractivity contribution is 7.92. The number of allylic oxidation sites excluding steroid dienone is 2. The number of nitrogens with one attached hydrogen (secondary N) is 1. The Labute approximate surface area is 240 Å². The highest BCUT2D eigenvalue weighted by Crippen LogP contribution is 2.33. The molecule has 10 nitrogen and oxygen atoms in total. The Balaban J connectivity index is 1.60. The van der Waals surface area contributed by atoms with Crippen molar-refractivity contribution in [1.29, 1.82) is 0 Å². The summed E-state index contributed by atoms with van der Waals surface area (Å²) in [7, 11) is 1.84. The smallest absolute Gasteiger partial charge is 0.278 e. The van der Waals surface area contributed by atoms with Crippen LogP contribution in [0.15, 0.2) is 64.9 Å². The fourth-order valence-electron chi connectivity index (χ4n) is 5.29. The Morgan fingerprint density at radius 3 is 2.73 bits per heavy atom. The molecule has 0 spiro atoms. The van der Waals surface area contributed by atoms with Crippen LogP contribution in [0.3, 0.4) is 0 Å². The van der Waals surface area contributed by atoms with E-state index < -0.39 is 9.73 Å². The Hall–Kier alpha value is -4.09. The van der Waals surface area contributed by atoms with E-state index in [1.54, 1.807) is 41.5 Å². The number of benzene rings is 1. The van der Waals surface area contributed by atoms with E-state index in [2.05, 4.69) is 63.9 Å². The van der Waals surface area contributed by atoms with Gasteiger partial charge in [-0.1, -0.05) is 24.3 Å². The van der Waals surface area contributed by atoms with E-state index in [0.717, 1.165) is 36.1 Å². The van der Waals surface area contributed by atoms with Crippen molar-refractivity contribution in [3.8, 4) is 5.82 Å². The van der Waals surface area contributed by atoms with Crippen molar-refractivity contribution in [1.82, 2.24) is 29.2 Å². The quantitative estimate of drug-likeness (QED) is 0.304. The Kier molecular flexibility index (Phi) is 7.67. The lowest BCUT2D eigenvalue weighted by molar-refractivity contribution is 0.268. The minimum atomic E-state index is -2.42. The summed E-state index contributed by atoms with van der Waals surface area (Å²) in [5, 5.41) is 3.71. The van der Waals surface area contributed by atoms with Crippen LogP contribution in [0.1, 0.15) is 30.0 Å². The largest absolute Gasteiger partial charge is 0.324 e. The topological polar surface area (TPSA) is 110 Å². The van der Waals surface area contributed by atoms with Crippen LogP contribution in [0.4, 0.5) is 17.5 Å². The summed E-state index contributed by atoms with van der Waals surface area (Å²) in [4.78, 5) is 29.4. The molecular weight excluding hydrogens is 536 g/mol. The van der Waals surface area contributed by atoms with Crippen LogP contribution >= 0.6 is 0 Å². The summed E-state index contributed by atoms with van der Waals surface area (Å²) >= 11 is 0. The maximum absolute atomic E-state index is 13.3. The minimum Gasteiger partial charge on any atom is -0.324 e. The lowest BCUT2D eigenvalue weighted by Crippen LogP contribution is -2.34. The highest BCUT2D eigenvalue weighted by atomic mass is 32.2. The van der Waals surface area contributed by atoms with Crippen molar-refractivity contribution in [3.05, 3.63) is 82.8 Å². The lowest BCUT2D eigenvalue weighted by atomic mass is 9.83. The molecule has 214 valence electrons. The maximum atomic E-state index is 13.3.